The minimum absolute atomic E-state index is 0. The molecule has 2 fully saturated rings. The number of hydrogen-bond donors (Lipinski definition) is 2. The lowest BCUT2D eigenvalue weighted by molar-refractivity contribution is -0.144. The molecule has 2 rings (SSSR count). The third kappa shape index (κ3) is 5.65. The van der Waals surface area contributed by atoms with Crippen molar-refractivity contribution >= 4 is 24.5 Å². The van der Waals surface area contributed by atoms with Gasteiger partial charge < -0.3 is 20.1 Å². The van der Waals surface area contributed by atoms with Gasteiger partial charge in [-0.05, 0) is 52.5 Å². The Morgan fingerprint density at radius 2 is 1.91 bits per heavy atom. The van der Waals surface area contributed by atoms with Crippen LogP contribution in [-0.4, -0.2) is 53.3 Å². The maximum atomic E-state index is 12.1. The number of hydrogen-bond acceptors (Lipinski definition) is 4. The molecule has 128 valence electrons. The highest BCUT2D eigenvalue weighted by Crippen LogP contribution is 2.29. The molecule has 1 heterocycles. The third-order valence-corrected chi connectivity index (χ3v) is 3.95. The van der Waals surface area contributed by atoms with Crippen molar-refractivity contribution in [1.82, 2.24) is 10.2 Å². The van der Waals surface area contributed by atoms with Gasteiger partial charge in [0, 0.05) is 19.1 Å². The summed E-state index contributed by atoms with van der Waals surface area (Å²) in [6, 6.07) is -0.0539. The lowest BCUT2D eigenvalue weighted by Crippen LogP contribution is -2.54. The van der Waals surface area contributed by atoms with Crippen molar-refractivity contribution in [2.24, 2.45) is 11.8 Å². The van der Waals surface area contributed by atoms with E-state index in [0.717, 1.165) is 6.54 Å². The largest absolute Gasteiger partial charge is 0.481 e. The van der Waals surface area contributed by atoms with Gasteiger partial charge in [-0.25, -0.2) is 4.79 Å². The second kappa shape index (κ2) is 7.51. The van der Waals surface area contributed by atoms with Crippen molar-refractivity contribution < 1.29 is 19.4 Å². The molecule has 1 saturated heterocycles. The molecule has 6 nitrogen and oxygen atoms in total. The number of amides is 1. The van der Waals surface area contributed by atoms with Gasteiger partial charge in [-0.15, -0.1) is 12.4 Å². The first-order valence-corrected chi connectivity index (χ1v) is 7.70. The second-order valence-corrected chi connectivity index (χ2v) is 7.12. The zero-order valence-electron chi connectivity index (χ0n) is 13.5. The summed E-state index contributed by atoms with van der Waals surface area (Å²) in [6.07, 6.45) is 2.71. The molecule has 0 radical (unpaired) electrons. The first kappa shape index (κ1) is 19.0. The molecule has 0 aromatic heterocycles. The summed E-state index contributed by atoms with van der Waals surface area (Å²) >= 11 is 0. The van der Waals surface area contributed by atoms with Crippen molar-refractivity contribution in [3.8, 4) is 0 Å². The average molecular weight is 335 g/mol. The number of carboxylic acids is 1. The fourth-order valence-corrected chi connectivity index (χ4v) is 2.58. The zero-order chi connectivity index (χ0) is 15.6. The fraction of sp³-hybridized carbons (Fsp3) is 0.867. The lowest BCUT2D eigenvalue weighted by Gasteiger charge is -2.37. The molecule has 0 aromatic carbocycles. The highest BCUT2D eigenvalue weighted by molar-refractivity contribution is 5.85. The number of carboxylic acid groups (broad SMARTS) is 1. The van der Waals surface area contributed by atoms with Crippen molar-refractivity contribution in [1.29, 1.82) is 0 Å². The van der Waals surface area contributed by atoms with Crippen LogP contribution in [0.4, 0.5) is 4.79 Å². The number of carbonyl (C=O) groups excluding carboxylic acids is 1. The number of rotatable bonds is 4. The van der Waals surface area contributed by atoms with Gasteiger partial charge >= 0.3 is 12.1 Å². The number of nitrogens with zero attached hydrogens (tertiary/aromatic N) is 1. The minimum Gasteiger partial charge on any atom is -0.481 e. The first-order chi connectivity index (χ1) is 9.76. The van der Waals surface area contributed by atoms with Crippen LogP contribution in [0.1, 0.15) is 40.0 Å². The summed E-state index contributed by atoms with van der Waals surface area (Å²) < 4.78 is 5.32. The predicted octanol–water partition coefficient (Wildman–Crippen LogP) is 2.12. The first-order valence-electron chi connectivity index (χ1n) is 7.70. The molecule has 0 bridgehead atoms. The summed E-state index contributed by atoms with van der Waals surface area (Å²) in [5.74, 6) is -0.704. The van der Waals surface area contributed by atoms with Gasteiger partial charge in [0.05, 0.1) is 5.92 Å². The smallest absolute Gasteiger partial charge is 0.410 e. The Bertz CT molecular complexity index is 407. The number of nitrogens with one attached hydrogen (secondary N) is 1. The van der Waals surface area contributed by atoms with Crippen molar-refractivity contribution in [3.05, 3.63) is 0 Å². The normalized spacial score (nSPS) is 25.3. The van der Waals surface area contributed by atoms with E-state index in [0.29, 0.717) is 18.9 Å². The molecule has 1 aliphatic heterocycles. The summed E-state index contributed by atoms with van der Waals surface area (Å²) in [5.41, 5.74) is -0.559. The Hall–Kier alpha value is -1.01. The van der Waals surface area contributed by atoms with Crippen LogP contribution in [-0.2, 0) is 9.53 Å². The highest BCUT2D eigenvalue weighted by atomic mass is 35.5. The van der Waals surface area contributed by atoms with Crippen LogP contribution in [0.3, 0.4) is 0 Å². The predicted molar refractivity (Wildman–Crippen MR) is 85.3 cm³/mol. The molecule has 1 saturated carbocycles. The molecule has 2 N–H and O–H groups in total. The highest BCUT2D eigenvalue weighted by Gasteiger charge is 2.38. The monoisotopic (exact) mass is 334 g/mol. The van der Waals surface area contributed by atoms with Crippen LogP contribution in [0.25, 0.3) is 0 Å². The number of carbonyl (C=O) groups is 2. The van der Waals surface area contributed by atoms with Crippen LogP contribution in [0.15, 0.2) is 0 Å². The van der Waals surface area contributed by atoms with Gasteiger partial charge in [-0.1, -0.05) is 0 Å². The Kier molecular flexibility index (Phi) is 6.50. The summed E-state index contributed by atoms with van der Waals surface area (Å²) in [4.78, 5) is 25.0. The van der Waals surface area contributed by atoms with Gasteiger partial charge in [-0.3, -0.25) is 4.79 Å². The number of aliphatic carboxylic acids is 1. The van der Waals surface area contributed by atoms with Crippen LogP contribution in [0, 0.1) is 11.8 Å². The third-order valence-electron chi connectivity index (χ3n) is 3.95. The van der Waals surface area contributed by atoms with E-state index in [-0.39, 0.29) is 25.0 Å². The van der Waals surface area contributed by atoms with E-state index < -0.39 is 23.6 Å². The molecule has 22 heavy (non-hydrogen) atoms. The second-order valence-electron chi connectivity index (χ2n) is 7.12. The van der Waals surface area contributed by atoms with Crippen LogP contribution >= 0.6 is 12.4 Å². The average Bonchev–Trinajstić information content (AvgIpc) is 3.17. The summed E-state index contributed by atoms with van der Waals surface area (Å²) in [5, 5.41) is 12.8. The van der Waals surface area contributed by atoms with E-state index in [1.54, 1.807) is 0 Å². The summed E-state index contributed by atoms with van der Waals surface area (Å²) in [7, 11) is 0. The van der Waals surface area contributed by atoms with Crippen LogP contribution in [0.5, 0.6) is 0 Å². The molecule has 2 atom stereocenters. The van der Waals surface area contributed by atoms with E-state index in [1.165, 1.54) is 17.7 Å². The molecule has 7 heteroatoms. The van der Waals surface area contributed by atoms with Crippen molar-refractivity contribution in [2.75, 3.05) is 19.6 Å². The van der Waals surface area contributed by atoms with Crippen LogP contribution in [0.2, 0.25) is 0 Å². The Labute approximate surface area is 138 Å². The van der Waals surface area contributed by atoms with E-state index in [9.17, 15) is 14.7 Å². The summed E-state index contributed by atoms with van der Waals surface area (Å²) in [6.45, 7) is 7.07. The Morgan fingerprint density at radius 1 is 1.27 bits per heavy atom. The number of piperidine rings is 1. The van der Waals surface area contributed by atoms with Gasteiger partial charge in [0.25, 0.3) is 0 Å². The molecule has 1 aliphatic carbocycles. The van der Waals surface area contributed by atoms with Gasteiger partial charge in [0.2, 0.25) is 0 Å². The van der Waals surface area contributed by atoms with Crippen molar-refractivity contribution in [3.63, 3.8) is 0 Å². The zero-order valence-corrected chi connectivity index (χ0v) is 14.3. The number of halogens is 1. The van der Waals surface area contributed by atoms with E-state index in [2.05, 4.69) is 5.32 Å². The van der Waals surface area contributed by atoms with Gasteiger partial charge in [-0.2, -0.15) is 0 Å². The molecule has 2 aliphatic rings. The molecule has 0 spiro atoms. The minimum atomic E-state index is -0.850. The Morgan fingerprint density at radius 3 is 2.41 bits per heavy atom. The SMILES string of the molecule is CC(C)(C)OC(=O)N1CCC(NCC2CC2)C(C(=O)O)C1.Cl. The quantitative estimate of drug-likeness (QED) is 0.823. The maximum Gasteiger partial charge on any atom is 0.410 e. The molecule has 0 aromatic rings. The molecule has 1 amide bonds. The van der Waals surface area contributed by atoms with E-state index >= 15 is 0 Å². The maximum absolute atomic E-state index is 12.1. The Balaban J connectivity index is 0.00000242. The van der Waals surface area contributed by atoms with Crippen LogP contribution < -0.4 is 5.32 Å². The van der Waals surface area contributed by atoms with Gasteiger partial charge in [0.15, 0.2) is 0 Å². The molecule has 2 unspecified atom stereocenters. The number of ether oxygens (including phenoxy) is 1. The topological polar surface area (TPSA) is 78.9 Å². The van der Waals surface area contributed by atoms with E-state index in [4.69, 9.17) is 4.74 Å². The lowest BCUT2D eigenvalue weighted by atomic mass is 9.92. The fourth-order valence-electron chi connectivity index (χ4n) is 2.58. The van der Waals surface area contributed by atoms with E-state index in [1.807, 2.05) is 20.8 Å². The van der Waals surface area contributed by atoms with Gasteiger partial charge in [0.1, 0.15) is 5.60 Å². The number of likely N-dealkylation sites (tertiary alicyclic amines) is 1. The standard InChI is InChI=1S/C15H26N2O4.ClH/c1-15(2,3)21-14(20)17-7-6-12(11(9-17)13(18)19)16-8-10-4-5-10;/h10-12,16H,4-9H2,1-3H3,(H,18,19);1H. The molecular formula is C15H27ClN2O4. The molecular weight excluding hydrogens is 308 g/mol. The van der Waals surface area contributed by atoms with Crippen molar-refractivity contribution in [2.45, 2.75) is 51.7 Å².